The van der Waals surface area contributed by atoms with Crippen molar-refractivity contribution >= 4 is 0 Å². The van der Waals surface area contributed by atoms with Gasteiger partial charge in [-0.2, -0.15) is 0 Å². The van der Waals surface area contributed by atoms with Gasteiger partial charge >= 0.3 is 0 Å². The molecule has 1 aliphatic rings. The monoisotopic (exact) mass is 255 g/mol. The fourth-order valence-electron chi connectivity index (χ4n) is 2.48. The first-order valence-electron chi connectivity index (χ1n) is 7.51. The minimum Gasteiger partial charge on any atom is -0.310 e. The third-order valence-electron chi connectivity index (χ3n) is 4.54. The van der Waals surface area contributed by atoms with Crippen molar-refractivity contribution in [2.24, 2.45) is 0 Å². The van der Waals surface area contributed by atoms with Gasteiger partial charge in [0.2, 0.25) is 0 Å². The predicted octanol–water partition coefficient (Wildman–Crippen LogP) is 2.18. The molecular weight excluding hydrogens is 222 g/mol. The lowest BCUT2D eigenvalue weighted by Gasteiger charge is -2.40. The number of hydrogen-bond acceptors (Lipinski definition) is 3. The van der Waals surface area contributed by atoms with E-state index in [1.165, 1.54) is 32.4 Å². The first kappa shape index (κ1) is 15.9. The van der Waals surface area contributed by atoms with Crippen LogP contribution in [0.2, 0.25) is 0 Å². The minimum atomic E-state index is 0.269. The van der Waals surface area contributed by atoms with Crippen molar-refractivity contribution in [2.75, 3.05) is 33.7 Å². The summed E-state index contributed by atoms with van der Waals surface area (Å²) < 4.78 is 0. The quantitative estimate of drug-likeness (QED) is 0.785. The summed E-state index contributed by atoms with van der Waals surface area (Å²) in [6.45, 7) is 12.8. The van der Waals surface area contributed by atoms with Crippen LogP contribution < -0.4 is 5.32 Å². The Bertz CT molecular complexity index is 238. The number of likely N-dealkylation sites (N-methyl/N-ethyl adjacent to an activating group) is 1. The molecule has 0 aromatic carbocycles. The highest BCUT2D eigenvalue weighted by molar-refractivity contribution is 4.84. The average Bonchev–Trinajstić information content (AvgIpc) is 2.36. The van der Waals surface area contributed by atoms with E-state index in [2.05, 4.69) is 56.9 Å². The fourth-order valence-corrected chi connectivity index (χ4v) is 2.48. The van der Waals surface area contributed by atoms with Gasteiger partial charge in [-0.05, 0) is 60.7 Å². The highest BCUT2D eigenvalue weighted by Gasteiger charge is 2.25. The van der Waals surface area contributed by atoms with Gasteiger partial charge in [-0.25, -0.2) is 0 Å². The first-order valence-corrected chi connectivity index (χ1v) is 7.51. The molecule has 1 rings (SSSR count). The molecule has 18 heavy (non-hydrogen) atoms. The second-order valence-corrected chi connectivity index (χ2v) is 6.72. The molecule has 0 spiro atoms. The van der Waals surface area contributed by atoms with Crippen LogP contribution in [0.25, 0.3) is 0 Å². The average molecular weight is 255 g/mol. The number of nitrogens with one attached hydrogen (secondary N) is 1. The predicted molar refractivity (Wildman–Crippen MR) is 80.1 cm³/mol. The van der Waals surface area contributed by atoms with Crippen molar-refractivity contribution in [3.63, 3.8) is 0 Å². The molecule has 1 heterocycles. The zero-order chi connectivity index (χ0) is 13.8. The maximum atomic E-state index is 3.69. The molecule has 0 amide bonds. The van der Waals surface area contributed by atoms with Crippen LogP contribution in [0.5, 0.6) is 0 Å². The van der Waals surface area contributed by atoms with Crippen molar-refractivity contribution in [2.45, 2.75) is 64.6 Å². The maximum Gasteiger partial charge on any atom is 0.0217 e. The van der Waals surface area contributed by atoms with Crippen LogP contribution in [0.15, 0.2) is 0 Å². The van der Waals surface area contributed by atoms with Crippen molar-refractivity contribution in [3.8, 4) is 0 Å². The number of hydrogen-bond donors (Lipinski definition) is 1. The Labute approximate surface area is 114 Å². The summed E-state index contributed by atoms with van der Waals surface area (Å²) in [6.07, 6.45) is 3.87. The summed E-state index contributed by atoms with van der Waals surface area (Å²) in [5.41, 5.74) is 0.269. The number of piperidine rings is 1. The second kappa shape index (κ2) is 6.88. The van der Waals surface area contributed by atoms with E-state index in [1.807, 2.05) is 0 Å². The molecule has 1 saturated heterocycles. The highest BCUT2D eigenvalue weighted by atomic mass is 15.2. The Morgan fingerprint density at radius 2 is 2.06 bits per heavy atom. The first-order chi connectivity index (χ1) is 8.35. The minimum absolute atomic E-state index is 0.269. The van der Waals surface area contributed by atoms with Gasteiger partial charge in [0.1, 0.15) is 0 Å². The van der Waals surface area contributed by atoms with Crippen LogP contribution in [0.4, 0.5) is 0 Å². The zero-order valence-electron chi connectivity index (χ0n) is 13.3. The number of rotatable bonds is 6. The van der Waals surface area contributed by atoms with Gasteiger partial charge in [-0.3, -0.25) is 4.90 Å². The van der Waals surface area contributed by atoms with Crippen molar-refractivity contribution in [1.29, 1.82) is 0 Å². The Hall–Kier alpha value is -0.120. The second-order valence-electron chi connectivity index (χ2n) is 6.72. The van der Waals surface area contributed by atoms with Crippen molar-refractivity contribution in [3.05, 3.63) is 0 Å². The SMILES string of the molecule is CCC(C)(C)NCC(C)N1CCCC(N(C)C)C1. The van der Waals surface area contributed by atoms with Crippen LogP contribution in [0, 0.1) is 0 Å². The molecule has 0 aromatic heterocycles. The molecular formula is C15H33N3. The van der Waals surface area contributed by atoms with E-state index in [4.69, 9.17) is 0 Å². The summed E-state index contributed by atoms with van der Waals surface area (Å²) in [5, 5.41) is 3.69. The Morgan fingerprint density at radius 3 is 2.61 bits per heavy atom. The van der Waals surface area contributed by atoms with Gasteiger partial charge in [-0.15, -0.1) is 0 Å². The molecule has 3 heteroatoms. The van der Waals surface area contributed by atoms with Gasteiger partial charge in [-0.1, -0.05) is 6.92 Å². The fraction of sp³-hybridized carbons (Fsp3) is 1.00. The summed E-state index contributed by atoms with van der Waals surface area (Å²) in [6, 6.07) is 1.37. The molecule has 0 saturated carbocycles. The standard InChI is InChI=1S/C15H33N3/c1-7-15(3,4)16-11-13(2)18-10-8-9-14(12-18)17(5)6/h13-14,16H,7-12H2,1-6H3. The van der Waals surface area contributed by atoms with E-state index >= 15 is 0 Å². The summed E-state index contributed by atoms with van der Waals surface area (Å²) in [5.74, 6) is 0. The van der Waals surface area contributed by atoms with Gasteiger partial charge in [0.05, 0.1) is 0 Å². The van der Waals surface area contributed by atoms with E-state index in [9.17, 15) is 0 Å². The van der Waals surface area contributed by atoms with Crippen LogP contribution in [0.1, 0.15) is 47.0 Å². The van der Waals surface area contributed by atoms with Crippen molar-refractivity contribution < 1.29 is 0 Å². The smallest absolute Gasteiger partial charge is 0.0217 e. The molecule has 0 aromatic rings. The van der Waals surface area contributed by atoms with E-state index in [-0.39, 0.29) is 5.54 Å². The van der Waals surface area contributed by atoms with Crippen LogP contribution in [-0.4, -0.2) is 61.2 Å². The summed E-state index contributed by atoms with van der Waals surface area (Å²) >= 11 is 0. The molecule has 3 nitrogen and oxygen atoms in total. The lowest BCUT2D eigenvalue weighted by atomic mass is 10.0. The normalized spacial score (nSPS) is 24.5. The van der Waals surface area contributed by atoms with Gasteiger partial charge in [0.15, 0.2) is 0 Å². The number of nitrogens with zero attached hydrogens (tertiary/aromatic N) is 2. The maximum absolute atomic E-state index is 3.69. The Balaban J connectivity index is 2.39. The lowest BCUT2D eigenvalue weighted by molar-refractivity contribution is 0.0981. The molecule has 0 aliphatic carbocycles. The van der Waals surface area contributed by atoms with Gasteiger partial charge < -0.3 is 10.2 Å². The third kappa shape index (κ3) is 4.87. The highest BCUT2D eigenvalue weighted by Crippen LogP contribution is 2.16. The largest absolute Gasteiger partial charge is 0.310 e. The van der Waals surface area contributed by atoms with E-state index in [0.29, 0.717) is 6.04 Å². The third-order valence-corrected chi connectivity index (χ3v) is 4.54. The molecule has 1 aliphatic heterocycles. The Kier molecular flexibility index (Phi) is 6.09. The van der Waals surface area contributed by atoms with E-state index in [0.717, 1.165) is 12.6 Å². The van der Waals surface area contributed by atoms with E-state index < -0.39 is 0 Å². The lowest BCUT2D eigenvalue weighted by Crippen LogP contribution is -2.53. The molecule has 0 radical (unpaired) electrons. The number of likely N-dealkylation sites (tertiary alicyclic amines) is 1. The van der Waals surface area contributed by atoms with Crippen LogP contribution >= 0.6 is 0 Å². The summed E-state index contributed by atoms with van der Waals surface area (Å²) in [7, 11) is 4.41. The molecule has 108 valence electrons. The molecule has 2 unspecified atom stereocenters. The molecule has 2 atom stereocenters. The molecule has 1 fully saturated rings. The molecule has 0 bridgehead atoms. The summed E-state index contributed by atoms with van der Waals surface area (Å²) in [4.78, 5) is 5.02. The molecule has 1 N–H and O–H groups in total. The van der Waals surface area contributed by atoms with Crippen LogP contribution in [-0.2, 0) is 0 Å². The van der Waals surface area contributed by atoms with Gasteiger partial charge in [0, 0.05) is 30.7 Å². The van der Waals surface area contributed by atoms with Crippen LogP contribution in [0.3, 0.4) is 0 Å². The Morgan fingerprint density at radius 1 is 1.39 bits per heavy atom. The van der Waals surface area contributed by atoms with Crippen molar-refractivity contribution in [1.82, 2.24) is 15.1 Å². The zero-order valence-corrected chi connectivity index (χ0v) is 13.3. The van der Waals surface area contributed by atoms with E-state index in [1.54, 1.807) is 0 Å². The topological polar surface area (TPSA) is 18.5 Å². The van der Waals surface area contributed by atoms with Gasteiger partial charge in [0.25, 0.3) is 0 Å².